The third-order valence-corrected chi connectivity index (χ3v) is 3.19. The van der Waals surface area contributed by atoms with Crippen LogP contribution in [0, 0.1) is 0 Å². The van der Waals surface area contributed by atoms with Gasteiger partial charge in [0.05, 0.1) is 10.6 Å². The maximum atomic E-state index is 12.4. The van der Waals surface area contributed by atoms with Crippen molar-refractivity contribution in [1.29, 1.82) is 0 Å². The SMILES string of the molecule is FC(F)(F)c1ccc(Oc2nc(Cl)c(Cl)cc2Cl)cc1. The van der Waals surface area contributed by atoms with Crippen LogP contribution in [0.2, 0.25) is 15.2 Å². The van der Waals surface area contributed by atoms with E-state index in [9.17, 15) is 13.2 Å². The van der Waals surface area contributed by atoms with E-state index < -0.39 is 11.7 Å². The van der Waals surface area contributed by atoms with Gasteiger partial charge in [-0.3, -0.25) is 0 Å². The molecule has 0 aliphatic carbocycles. The zero-order valence-electron chi connectivity index (χ0n) is 9.51. The first-order valence-electron chi connectivity index (χ1n) is 5.14. The number of nitrogens with zero attached hydrogens (tertiary/aromatic N) is 1. The number of alkyl halides is 3. The van der Waals surface area contributed by atoms with Crippen LogP contribution < -0.4 is 4.74 Å². The molecule has 0 aliphatic heterocycles. The van der Waals surface area contributed by atoms with Gasteiger partial charge in [0, 0.05) is 0 Å². The first kappa shape index (κ1) is 15.2. The van der Waals surface area contributed by atoms with E-state index in [-0.39, 0.29) is 26.8 Å². The lowest BCUT2D eigenvalue weighted by molar-refractivity contribution is -0.137. The maximum Gasteiger partial charge on any atom is 0.416 e. The lowest BCUT2D eigenvalue weighted by Gasteiger charge is -2.09. The van der Waals surface area contributed by atoms with Gasteiger partial charge in [-0.1, -0.05) is 34.8 Å². The van der Waals surface area contributed by atoms with Crippen molar-refractivity contribution in [3.05, 3.63) is 51.1 Å². The molecule has 0 N–H and O–H groups in total. The molecule has 1 heterocycles. The summed E-state index contributed by atoms with van der Waals surface area (Å²) in [6.45, 7) is 0. The third-order valence-electron chi connectivity index (χ3n) is 2.25. The van der Waals surface area contributed by atoms with E-state index in [0.717, 1.165) is 24.3 Å². The van der Waals surface area contributed by atoms with Crippen LogP contribution in [0.15, 0.2) is 30.3 Å². The van der Waals surface area contributed by atoms with Crippen molar-refractivity contribution in [3.8, 4) is 11.6 Å². The third kappa shape index (κ3) is 3.48. The molecule has 0 radical (unpaired) electrons. The molecule has 0 saturated carbocycles. The van der Waals surface area contributed by atoms with Gasteiger partial charge >= 0.3 is 6.18 Å². The molecule has 0 bridgehead atoms. The van der Waals surface area contributed by atoms with Crippen LogP contribution in [-0.2, 0) is 6.18 Å². The van der Waals surface area contributed by atoms with Gasteiger partial charge in [-0.05, 0) is 30.3 Å². The molecule has 0 unspecified atom stereocenters. The van der Waals surface area contributed by atoms with Crippen molar-refractivity contribution in [2.75, 3.05) is 0 Å². The molecule has 0 saturated heterocycles. The van der Waals surface area contributed by atoms with Gasteiger partial charge in [0.1, 0.15) is 10.8 Å². The molecule has 0 fully saturated rings. The number of rotatable bonds is 2. The van der Waals surface area contributed by atoms with E-state index in [1.165, 1.54) is 6.07 Å². The number of pyridine rings is 1. The summed E-state index contributed by atoms with van der Waals surface area (Å²) in [6.07, 6.45) is -4.40. The van der Waals surface area contributed by atoms with Gasteiger partial charge in [0.2, 0.25) is 5.88 Å². The molecular weight excluding hydrogens is 337 g/mol. The fraction of sp³-hybridized carbons (Fsp3) is 0.0833. The Labute approximate surface area is 127 Å². The molecular formula is C12H5Cl3F3NO. The molecule has 20 heavy (non-hydrogen) atoms. The second kappa shape index (κ2) is 5.68. The quantitative estimate of drug-likeness (QED) is 0.638. The average molecular weight is 343 g/mol. The number of ether oxygens (including phenoxy) is 1. The minimum Gasteiger partial charge on any atom is -0.437 e. The van der Waals surface area contributed by atoms with Crippen molar-refractivity contribution in [1.82, 2.24) is 4.98 Å². The average Bonchev–Trinajstić information content (AvgIpc) is 2.35. The minimum absolute atomic E-state index is 0.0158. The fourth-order valence-electron chi connectivity index (χ4n) is 1.32. The zero-order chi connectivity index (χ0) is 14.9. The molecule has 0 aliphatic rings. The first-order chi connectivity index (χ1) is 9.27. The molecule has 0 amide bonds. The number of benzene rings is 1. The van der Waals surface area contributed by atoms with Gasteiger partial charge in [-0.2, -0.15) is 18.2 Å². The highest BCUT2D eigenvalue weighted by Crippen LogP contribution is 2.34. The number of aromatic nitrogens is 1. The summed E-state index contributed by atoms with van der Waals surface area (Å²) < 4.78 is 42.5. The molecule has 106 valence electrons. The van der Waals surface area contributed by atoms with Crippen LogP contribution in [0.3, 0.4) is 0 Å². The smallest absolute Gasteiger partial charge is 0.416 e. The summed E-state index contributed by atoms with van der Waals surface area (Å²) >= 11 is 17.3. The van der Waals surface area contributed by atoms with E-state index in [2.05, 4.69) is 4.98 Å². The Balaban J connectivity index is 2.25. The minimum atomic E-state index is -4.40. The Hall–Kier alpha value is -1.17. The lowest BCUT2D eigenvalue weighted by Crippen LogP contribution is -2.04. The summed E-state index contributed by atoms with van der Waals surface area (Å²) in [6, 6.07) is 5.42. The van der Waals surface area contributed by atoms with Crippen LogP contribution >= 0.6 is 34.8 Å². The summed E-state index contributed by atoms with van der Waals surface area (Å²) in [5.74, 6) is 0.103. The van der Waals surface area contributed by atoms with Gasteiger partial charge in [-0.15, -0.1) is 0 Å². The largest absolute Gasteiger partial charge is 0.437 e. The van der Waals surface area contributed by atoms with Crippen molar-refractivity contribution >= 4 is 34.8 Å². The van der Waals surface area contributed by atoms with Crippen LogP contribution in [0.1, 0.15) is 5.56 Å². The number of hydrogen-bond donors (Lipinski definition) is 0. The summed E-state index contributed by atoms with van der Waals surface area (Å²) in [5, 5.41) is 0.230. The molecule has 0 spiro atoms. The molecule has 2 rings (SSSR count). The Kier molecular flexibility index (Phi) is 4.32. The van der Waals surface area contributed by atoms with E-state index in [0.29, 0.717) is 0 Å². The Morgan fingerprint density at radius 1 is 0.950 bits per heavy atom. The van der Waals surface area contributed by atoms with E-state index in [1.54, 1.807) is 0 Å². The number of hydrogen-bond acceptors (Lipinski definition) is 2. The predicted molar refractivity (Wildman–Crippen MR) is 70.8 cm³/mol. The van der Waals surface area contributed by atoms with Crippen LogP contribution in [0.25, 0.3) is 0 Å². The zero-order valence-corrected chi connectivity index (χ0v) is 11.8. The molecule has 8 heteroatoms. The molecule has 0 atom stereocenters. The second-order valence-corrected chi connectivity index (χ2v) is 4.84. The van der Waals surface area contributed by atoms with Crippen molar-refractivity contribution in [2.24, 2.45) is 0 Å². The van der Waals surface area contributed by atoms with E-state index in [4.69, 9.17) is 39.5 Å². The lowest BCUT2D eigenvalue weighted by atomic mass is 10.2. The molecule has 2 nitrogen and oxygen atoms in total. The van der Waals surface area contributed by atoms with Gasteiger partial charge in [-0.25, -0.2) is 0 Å². The maximum absolute atomic E-state index is 12.4. The highest BCUT2D eigenvalue weighted by atomic mass is 35.5. The predicted octanol–water partition coefficient (Wildman–Crippen LogP) is 5.85. The van der Waals surface area contributed by atoms with Crippen LogP contribution in [0.4, 0.5) is 13.2 Å². The highest BCUT2D eigenvalue weighted by Gasteiger charge is 2.30. The standard InChI is InChI=1S/C12H5Cl3F3NO/c13-8-5-9(14)11(19-10(8)15)20-7-3-1-6(2-4-7)12(16,17)18/h1-5H. The molecule has 1 aromatic carbocycles. The van der Waals surface area contributed by atoms with Gasteiger partial charge in [0.25, 0.3) is 0 Å². The van der Waals surface area contributed by atoms with E-state index in [1.807, 2.05) is 0 Å². The van der Waals surface area contributed by atoms with Gasteiger partial charge < -0.3 is 4.74 Å². The van der Waals surface area contributed by atoms with Crippen LogP contribution in [0.5, 0.6) is 11.6 Å². The summed E-state index contributed by atoms with van der Waals surface area (Å²) in [4.78, 5) is 3.80. The Morgan fingerprint density at radius 3 is 2.10 bits per heavy atom. The Morgan fingerprint density at radius 2 is 1.55 bits per heavy atom. The summed E-state index contributed by atoms with van der Waals surface area (Å²) in [7, 11) is 0. The van der Waals surface area contributed by atoms with Gasteiger partial charge in [0.15, 0.2) is 5.15 Å². The molecule has 2 aromatic rings. The molecule has 1 aromatic heterocycles. The van der Waals surface area contributed by atoms with Crippen molar-refractivity contribution in [3.63, 3.8) is 0 Å². The highest BCUT2D eigenvalue weighted by molar-refractivity contribution is 6.42. The monoisotopic (exact) mass is 341 g/mol. The van der Waals surface area contributed by atoms with Crippen molar-refractivity contribution in [2.45, 2.75) is 6.18 Å². The second-order valence-electron chi connectivity index (χ2n) is 3.67. The Bertz CT molecular complexity index is 629. The normalized spacial score (nSPS) is 11.5. The topological polar surface area (TPSA) is 22.1 Å². The fourth-order valence-corrected chi connectivity index (χ4v) is 1.85. The van der Waals surface area contributed by atoms with Crippen molar-refractivity contribution < 1.29 is 17.9 Å². The summed E-state index contributed by atoms with van der Waals surface area (Å²) in [5.41, 5.74) is -0.780. The van der Waals surface area contributed by atoms with E-state index >= 15 is 0 Å². The first-order valence-corrected chi connectivity index (χ1v) is 6.27. The van der Waals surface area contributed by atoms with Crippen LogP contribution in [-0.4, -0.2) is 4.98 Å². The number of halogens is 6.